The van der Waals surface area contributed by atoms with Crippen LogP contribution in [0.15, 0.2) is 134 Å². The SMILES string of the molecule is C.C.C.CC(C)(C)OC(=O)CN.CC(C)(C)OC(=O)NN=C(N)c1cn2ccnc2c(Cc2ccccc2F)n1.CO.COC(=N)c1cn2ccnc2c(Cc2ccccc2F)n1.C[O-].N#Cc1cn2ccnc2c(Cc2ccccc2F)n1.[Na+]. The molecule has 7 N–H and O–H groups in total. The van der Waals surface area contributed by atoms with E-state index in [-0.39, 0.29) is 106 Å². The second-order valence-electron chi connectivity index (χ2n) is 18.5. The van der Waals surface area contributed by atoms with Gasteiger partial charge in [-0.05, 0) is 76.4 Å². The van der Waals surface area contributed by atoms with Crippen LogP contribution in [0.1, 0.15) is 115 Å². The molecule has 0 aliphatic heterocycles. The Morgan fingerprint density at radius 2 is 1.04 bits per heavy atom. The Balaban J connectivity index is 0.00000112. The maximum atomic E-state index is 14.0. The van der Waals surface area contributed by atoms with Gasteiger partial charge < -0.3 is 49.1 Å². The van der Waals surface area contributed by atoms with Gasteiger partial charge >= 0.3 is 41.6 Å². The number of nitrogens with one attached hydrogen (secondary N) is 2. The van der Waals surface area contributed by atoms with E-state index in [2.05, 4.69) is 40.4 Å². The number of methoxy groups -OCH3 is 1. The van der Waals surface area contributed by atoms with Gasteiger partial charge in [0.2, 0.25) is 5.90 Å². The van der Waals surface area contributed by atoms with Gasteiger partial charge in [-0.3, -0.25) is 10.2 Å². The number of aromatic nitrogens is 9. The number of carbonyl (C=O) groups is 2. The molecule has 0 aliphatic rings. The molecule has 3 aromatic carbocycles. The van der Waals surface area contributed by atoms with E-state index in [0.717, 1.165) is 14.2 Å². The first-order chi connectivity index (χ1) is 38.6. The molecule has 0 radical (unpaired) electrons. The number of aliphatic hydroxyl groups is 1. The van der Waals surface area contributed by atoms with Crippen LogP contribution in [0.25, 0.3) is 16.9 Å². The summed E-state index contributed by atoms with van der Waals surface area (Å²) in [6.45, 7) is 10.6. The Hall–Kier alpha value is -8.64. The maximum absolute atomic E-state index is 14.0. The normalized spacial score (nSPS) is 10.4. The number of carbonyl (C=O) groups excluding carboxylic acids is 2. The van der Waals surface area contributed by atoms with Crippen molar-refractivity contribution in [3.05, 3.63) is 197 Å². The fourth-order valence-electron chi connectivity index (χ4n) is 7.05. The van der Waals surface area contributed by atoms with Crippen molar-refractivity contribution in [3.8, 4) is 6.07 Å². The molecular weight excluding hydrogens is 1110 g/mol. The van der Waals surface area contributed by atoms with Crippen LogP contribution in [0.4, 0.5) is 18.0 Å². The van der Waals surface area contributed by atoms with Crippen molar-refractivity contribution in [3.63, 3.8) is 0 Å². The first kappa shape index (κ1) is 76.4. The number of aliphatic hydroxyl groups excluding tert-OH is 1. The van der Waals surface area contributed by atoms with Crippen molar-refractivity contribution < 1.29 is 76.7 Å². The van der Waals surface area contributed by atoms with Gasteiger partial charge in [-0.25, -0.2) is 53.3 Å². The van der Waals surface area contributed by atoms with Gasteiger partial charge in [0.15, 0.2) is 28.5 Å². The third kappa shape index (κ3) is 23.5. The van der Waals surface area contributed by atoms with Crippen LogP contribution < -0.4 is 51.6 Å². The Kier molecular flexibility index (Phi) is 33.1. The summed E-state index contributed by atoms with van der Waals surface area (Å²) in [4.78, 5) is 48.0. The van der Waals surface area contributed by atoms with Crippen LogP contribution in [0, 0.1) is 34.2 Å². The van der Waals surface area contributed by atoms with Crippen molar-refractivity contribution in [2.24, 2.45) is 16.6 Å². The van der Waals surface area contributed by atoms with Crippen molar-refractivity contribution >= 4 is 40.7 Å². The van der Waals surface area contributed by atoms with Gasteiger partial charge in [-0.15, -0.1) is 0 Å². The molecule has 6 heterocycles. The predicted molar refractivity (Wildman–Crippen MR) is 314 cm³/mol. The number of nitriles is 1. The van der Waals surface area contributed by atoms with Gasteiger partial charge in [0.25, 0.3) is 0 Å². The summed E-state index contributed by atoms with van der Waals surface area (Å²) in [6.07, 6.45) is 15.1. The summed E-state index contributed by atoms with van der Waals surface area (Å²) in [6, 6.07) is 21.5. The molecule has 0 spiro atoms. The number of hydrogen-bond donors (Lipinski definition) is 5. The molecule has 22 nitrogen and oxygen atoms in total. The number of fused-ring (bicyclic) bond motifs is 3. The smallest absolute Gasteiger partial charge is 0.857 e. The van der Waals surface area contributed by atoms with Gasteiger partial charge in [-0.1, -0.05) is 76.9 Å². The van der Waals surface area contributed by atoms with E-state index in [1.165, 1.54) is 25.3 Å². The van der Waals surface area contributed by atoms with E-state index in [0.29, 0.717) is 74.9 Å². The molecule has 0 atom stereocenters. The number of amidine groups is 1. The van der Waals surface area contributed by atoms with Crippen molar-refractivity contribution in [2.45, 2.75) is 94.3 Å². The molecule has 6 aromatic heterocycles. The molecule has 9 aromatic rings. The minimum absolute atomic E-state index is 0. The predicted octanol–water partition coefficient (Wildman–Crippen LogP) is 5.15. The van der Waals surface area contributed by atoms with Gasteiger partial charge in [0.1, 0.15) is 46.1 Å². The van der Waals surface area contributed by atoms with E-state index < -0.39 is 17.3 Å². The van der Waals surface area contributed by atoms with Crippen molar-refractivity contribution in [1.29, 1.82) is 10.7 Å². The standard InChI is InChI=1S/C19H21FN6O2.C15H13FN4O.C14H9FN4.C6H13NO2.CH4O.CH3O.3CH4.Na/c1-19(2,3)28-18(27)25-24-16(21)15-11-26-9-8-22-17(26)14(23-15)10-12-6-4-5-7-13(12)20;1-21-14(17)13-9-20-7-6-18-15(20)12(19-13)8-10-4-2-3-5-11(10)16;15-12-4-2-1-3-10(12)7-13-14-17-5-6-19(14)9-11(8-16)18-13;1-6(2,3)9-5(8)4-7;2*1-2;;;;/h4-9,11H,10H2,1-3H3,(H2,21,24)(H,25,27);2-7,9,17H,8H2,1H3;1-6,9H,7H2;4,7H2,1-3H3;2H,1H3;1H3;3*1H4;/q;;;;;-1;;;;+1. The van der Waals surface area contributed by atoms with Crippen molar-refractivity contribution in [1.82, 2.24) is 48.5 Å². The number of hydrogen-bond acceptors (Lipinski definition) is 17. The van der Waals surface area contributed by atoms with E-state index in [1.807, 2.05) is 6.07 Å². The quantitative estimate of drug-likeness (QED) is 0.0389. The summed E-state index contributed by atoms with van der Waals surface area (Å²) < 4.78 is 61.5. The molecule has 1 amide bonds. The van der Waals surface area contributed by atoms with Gasteiger partial charge in [-0.2, -0.15) is 17.5 Å². The minimum atomic E-state index is -0.731. The number of hydrazone groups is 1. The fourth-order valence-corrected chi connectivity index (χ4v) is 7.05. The summed E-state index contributed by atoms with van der Waals surface area (Å²) in [5.74, 6) is -1.31. The van der Waals surface area contributed by atoms with Crippen LogP contribution >= 0.6 is 0 Å². The number of esters is 1. The van der Waals surface area contributed by atoms with Crippen LogP contribution in [0.3, 0.4) is 0 Å². The summed E-state index contributed by atoms with van der Waals surface area (Å²) in [7, 11) is 3.17. The Bertz CT molecular complexity index is 3610. The summed E-state index contributed by atoms with van der Waals surface area (Å²) in [5, 5.41) is 35.8. The number of imidazole rings is 3. The molecule has 0 fully saturated rings. The zero-order valence-electron chi connectivity index (χ0n) is 47.1. The monoisotopic (exact) mass is 1190 g/mol. The molecule has 26 heteroatoms. The van der Waals surface area contributed by atoms with E-state index in [1.54, 1.807) is 165 Å². The second kappa shape index (κ2) is 36.8. The minimum Gasteiger partial charge on any atom is -0.857 e. The molecular formula is C59H75F3N15NaO7. The topological polar surface area (TPSA) is 320 Å². The molecule has 450 valence electrons. The van der Waals surface area contributed by atoms with E-state index >= 15 is 0 Å². The second-order valence-corrected chi connectivity index (χ2v) is 18.5. The molecule has 9 rings (SSSR count). The Morgan fingerprint density at radius 3 is 1.39 bits per heavy atom. The average Bonchev–Trinajstić information content (AvgIpc) is 4.13. The van der Waals surface area contributed by atoms with Crippen LogP contribution in [-0.4, -0.2) is 111 Å². The molecule has 0 bridgehead atoms. The zero-order chi connectivity index (χ0) is 59.9. The third-order valence-electron chi connectivity index (χ3n) is 10.3. The summed E-state index contributed by atoms with van der Waals surface area (Å²) >= 11 is 0. The number of halogens is 3. The fraction of sp³-hybridized carbons (Fsp3) is 0.305. The zero-order valence-corrected chi connectivity index (χ0v) is 49.1. The van der Waals surface area contributed by atoms with Gasteiger partial charge in [0.05, 0.1) is 30.7 Å². The maximum Gasteiger partial charge on any atom is 1.00 e. The van der Waals surface area contributed by atoms with Crippen LogP contribution in [-0.2, 0) is 38.3 Å². The molecule has 0 aliphatic carbocycles. The summed E-state index contributed by atoms with van der Waals surface area (Å²) in [5.41, 5.74) is 18.3. The van der Waals surface area contributed by atoms with E-state index in [4.69, 9.17) is 46.6 Å². The van der Waals surface area contributed by atoms with Gasteiger partial charge in [0, 0.05) is 82.1 Å². The molecule has 0 saturated carbocycles. The molecule has 85 heavy (non-hydrogen) atoms. The number of rotatable bonds is 10. The molecule has 0 unspecified atom stereocenters. The number of ether oxygens (including phenoxy) is 3. The number of nitrogens with two attached hydrogens (primary N) is 2. The first-order valence-corrected chi connectivity index (χ1v) is 24.5. The Labute approximate surface area is 515 Å². The first-order valence-electron chi connectivity index (χ1n) is 24.5. The van der Waals surface area contributed by atoms with Crippen molar-refractivity contribution in [2.75, 3.05) is 27.9 Å². The van der Waals surface area contributed by atoms with Crippen LogP contribution in [0.2, 0.25) is 0 Å². The Morgan fingerprint density at radius 1 is 0.671 bits per heavy atom. The third-order valence-corrected chi connectivity index (χ3v) is 10.3. The molecule has 0 saturated heterocycles. The van der Waals surface area contributed by atoms with Crippen LogP contribution in [0.5, 0.6) is 0 Å². The van der Waals surface area contributed by atoms with E-state index in [9.17, 15) is 22.8 Å². The number of benzene rings is 3. The largest absolute Gasteiger partial charge is 1.00 e. The average molecular weight is 1190 g/mol. The number of nitrogens with zero attached hydrogens (tertiary/aromatic N) is 11. The number of amides is 1.